The minimum absolute atomic E-state index is 0.202. The van der Waals surface area contributed by atoms with E-state index in [9.17, 15) is 9.50 Å². The molecule has 0 amide bonds. The number of nitrogens with two attached hydrogens (primary N) is 1. The van der Waals surface area contributed by atoms with Gasteiger partial charge in [0.15, 0.2) is 0 Å². The SMILES string of the molecule is N[C@H](c1cc(Cl)ccc1F)[C@@H](O)C1CCC1. The van der Waals surface area contributed by atoms with E-state index in [2.05, 4.69) is 0 Å². The van der Waals surface area contributed by atoms with Crippen molar-refractivity contribution in [2.24, 2.45) is 11.7 Å². The topological polar surface area (TPSA) is 46.2 Å². The molecule has 0 radical (unpaired) electrons. The average molecular weight is 244 g/mol. The van der Waals surface area contributed by atoms with Crippen molar-refractivity contribution in [1.82, 2.24) is 0 Å². The van der Waals surface area contributed by atoms with Crippen molar-refractivity contribution in [2.45, 2.75) is 31.4 Å². The lowest BCUT2D eigenvalue weighted by atomic mass is 9.77. The number of halogens is 2. The van der Waals surface area contributed by atoms with E-state index in [4.69, 9.17) is 17.3 Å². The van der Waals surface area contributed by atoms with Gasteiger partial charge in [-0.05, 0) is 37.0 Å². The van der Waals surface area contributed by atoms with Gasteiger partial charge in [0.25, 0.3) is 0 Å². The smallest absolute Gasteiger partial charge is 0.128 e. The lowest BCUT2D eigenvalue weighted by Gasteiger charge is -2.33. The number of aliphatic hydroxyl groups is 1. The van der Waals surface area contributed by atoms with Crippen molar-refractivity contribution in [3.05, 3.63) is 34.6 Å². The number of rotatable bonds is 3. The molecule has 0 bridgehead atoms. The van der Waals surface area contributed by atoms with Crippen LogP contribution in [0.15, 0.2) is 18.2 Å². The molecule has 1 aliphatic carbocycles. The zero-order valence-electron chi connectivity index (χ0n) is 8.87. The third-order valence-corrected chi connectivity index (χ3v) is 3.55. The number of hydrogen-bond donors (Lipinski definition) is 2. The Bertz CT molecular complexity index is 381. The molecular weight excluding hydrogens is 229 g/mol. The van der Waals surface area contributed by atoms with Crippen molar-refractivity contribution >= 4 is 11.6 Å². The lowest BCUT2D eigenvalue weighted by Crippen LogP contribution is -2.36. The van der Waals surface area contributed by atoms with Gasteiger partial charge in [-0.15, -0.1) is 0 Å². The van der Waals surface area contributed by atoms with Crippen LogP contribution in [0, 0.1) is 11.7 Å². The van der Waals surface area contributed by atoms with Gasteiger partial charge in [-0.3, -0.25) is 0 Å². The third-order valence-electron chi connectivity index (χ3n) is 3.32. The molecule has 2 atom stereocenters. The first kappa shape index (κ1) is 11.8. The molecule has 1 aromatic carbocycles. The van der Waals surface area contributed by atoms with Gasteiger partial charge in [0.1, 0.15) is 5.82 Å². The molecule has 1 fully saturated rings. The van der Waals surface area contributed by atoms with Gasteiger partial charge < -0.3 is 10.8 Å². The Balaban J connectivity index is 2.18. The maximum Gasteiger partial charge on any atom is 0.128 e. The Labute approximate surface area is 99.2 Å². The molecule has 0 spiro atoms. The zero-order valence-corrected chi connectivity index (χ0v) is 9.62. The van der Waals surface area contributed by atoms with Crippen LogP contribution in [0.1, 0.15) is 30.9 Å². The molecule has 1 aromatic rings. The second-order valence-electron chi connectivity index (χ2n) is 4.37. The largest absolute Gasteiger partial charge is 0.391 e. The van der Waals surface area contributed by atoms with E-state index in [0.29, 0.717) is 10.6 Å². The molecule has 0 aliphatic heterocycles. The monoisotopic (exact) mass is 243 g/mol. The summed E-state index contributed by atoms with van der Waals surface area (Å²) in [7, 11) is 0. The molecule has 0 aromatic heterocycles. The summed E-state index contributed by atoms with van der Waals surface area (Å²) < 4.78 is 13.5. The highest BCUT2D eigenvalue weighted by atomic mass is 35.5. The molecule has 2 rings (SSSR count). The van der Waals surface area contributed by atoms with Gasteiger partial charge in [-0.2, -0.15) is 0 Å². The molecule has 88 valence electrons. The van der Waals surface area contributed by atoms with E-state index in [0.717, 1.165) is 19.3 Å². The second-order valence-corrected chi connectivity index (χ2v) is 4.81. The van der Waals surface area contributed by atoms with Crippen LogP contribution >= 0.6 is 11.6 Å². The molecule has 0 heterocycles. The Kier molecular flexibility index (Phi) is 3.47. The Hall–Kier alpha value is -0.640. The fourth-order valence-corrected chi connectivity index (χ4v) is 2.21. The quantitative estimate of drug-likeness (QED) is 0.857. The molecule has 3 N–H and O–H groups in total. The first-order valence-electron chi connectivity index (χ1n) is 5.48. The number of aliphatic hydroxyl groups excluding tert-OH is 1. The lowest BCUT2D eigenvalue weighted by molar-refractivity contribution is 0.0405. The van der Waals surface area contributed by atoms with Crippen molar-refractivity contribution in [3.8, 4) is 0 Å². The summed E-state index contributed by atoms with van der Waals surface area (Å²) in [6, 6.07) is 3.56. The highest BCUT2D eigenvalue weighted by Gasteiger charge is 2.31. The summed E-state index contributed by atoms with van der Waals surface area (Å²) >= 11 is 5.79. The van der Waals surface area contributed by atoms with Crippen LogP contribution in [0.25, 0.3) is 0 Å². The van der Waals surface area contributed by atoms with Gasteiger partial charge in [0.2, 0.25) is 0 Å². The normalized spacial score (nSPS) is 20.2. The van der Waals surface area contributed by atoms with E-state index in [1.165, 1.54) is 18.2 Å². The molecule has 2 nitrogen and oxygen atoms in total. The summed E-state index contributed by atoms with van der Waals surface area (Å²) in [4.78, 5) is 0. The van der Waals surface area contributed by atoms with E-state index < -0.39 is 18.0 Å². The molecule has 4 heteroatoms. The van der Waals surface area contributed by atoms with Gasteiger partial charge >= 0.3 is 0 Å². The average Bonchev–Trinajstić information content (AvgIpc) is 2.18. The highest BCUT2D eigenvalue weighted by molar-refractivity contribution is 6.30. The summed E-state index contributed by atoms with van der Waals surface area (Å²) in [5.74, 6) is -0.205. The van der Waals surface area contributed by atoms with Gasteiger partial charge in [-0.25, -0.2) is 4.39 Å². The van der Waals surface area contributed by atoms with Crippen molar-refractivity contribution in [3.63, 3.8) is 0 Å². The molecule has 0 saturated heterocycles. The Morgan fingerprint density at radius 1 is 1.44 bits per heavy atom. The highest BCUT2D eigenvalue weighted by Crippen LogP contribution is 2.35. The molecular formula is C12H15ClFNO. The van der Waals surface area contributed by atoms with Crippen LogP contribution in [0.5, 0.6) is 0 Å². The Morgan fingerprint density at radius 2 is 2.12 bits per heavy atom. The van der Waals surface area contributed by atoms with E-state index in [1.807, 2.05) is 0 Å². The summed E-state index contributed by atoms with van der Waals surface area (Å²) in [5, 5.41) is 10.4. The van der Waals surface area contributed by atoms with E-state index >= 15 is 0 Å². The van der Waals surface area contributed by atoms with Crippen molar-refractivity contribution in [2.75, 3.05) is 0 Å². The maximum atomic E-state index is 13.5. The third kappa shape index (κ3) is 2.21. The van der Waals surface area contributed by atoms with Crippen LogP contribution in [-0.2, 0) is 0 Å². The van der Waals surface area contributed by atoms with Crippen LogP contribution in [-0.4, -0.2) is 11.2 Å². The maximum absolute atomic E-state index is 13.5. The molecule has 16 heavy (non-hydrogen) atoms. The van der Waals surface area contributed by atoms with E-state index in [-0.39, 0.29) is 5.92 Å². The molecule has 1 saturated carbocycles. The fourth-order valence-electron chi connectivity index (χ4n) is 2.03. The van der Waals surface area contributed by atoms with Crippen molar-refractivity contribution in [1.29, 1.82) is 0 Å². The van der Waals surface area contributed by atoms with E-state index in [1.54, 1.807) is 0 Å². The predicted molar refractivity (Wildman–Crippen MR) is 61.7 cm³/mol. The minimum Gasteiger partial charge on any atom is -0.391 e. The Morgan fingerprint density at radius 3 is 2.69 bits per heavy atom. The first-order valence-corrected chi connectivity index (χ1v) is 5.86. The zero-order chi connectivity index (χ0) is 11.7. The van der Waals surface area contributed by atoms with Crippen LogP contribution in [0.4, 0.5) is 4.39 Å². The first-order chi connectivity index (χ1) is 7.59. The standard InChI is InChI=1S/C12H15ClFNO/c13-8-4-5-10(14)9(6-8)11(15)12(16)7-2-1-3-7/h4-7,11-12,16H,1-3,15H2/t11-,12+/m1/s1. The number of hydrogen-bond acceptors (Lipinski definition) is 2. The summed E-state index contributed by atoms with van der Waals surface area (Å²) in [6.45, 7) is 0. The predicted octanol–water partition coefficient (Wildman–Crippen LogP) is 2.64. The van der Waals surface area contributed by atoms with Gasteiger partial charge in [-0.1, -0.05) is 18.0 Å². The van der Waals surface area contributed by atoms with Crippen LogP contribution < -0.4 is 5.73 Å². The molecule has 0 unspecified atom stereocenters. The van der Waals surface area contributed by atoms with Crippen molar-refractivity contribution < 1.29 is 9.50 Å². The van der Waals surface area contributed by atoms with Gasteiger partial charge in [0, 0.05) is 10.6 Å². The molecule has 1 aliphatic rings. The van der Waals surface area contributed by atoms with Crippen LogP contribution in [0.2, 0.25) is 5.02 Å². The summed E-state index contributed by atoms with van der Waals surface area (Å²) in [6.07, 6.45) is 2.38. The fraction of sp³-hybridized carbons (Fsp3) is 0.500. The van der Waals surface area contributed by atoms with Crippen LogP contribution in [0.3, 0.4) is 0 Å². The second kappa shape index (κ2) is 4.70. The van der Waals surface area contributed by atoms with Gasteiger partial charge in [0.05, 0.1) is 12.1 Å². The minimum atomic E-state index is -0.691. The summed E-state index contributed by atoms with van der Waals surface area (Å²) in [5.41, 5.74) is 6.17. The number of benzene rings is 1.